The summed E-state index contributed by atoms with van der Waals surface area (Å²) in [6.07, 6.45) is 3.65. The smallest absolute Gasteiger partial charge is 0.142 e. The van der Waals surface area contributed by atoms with Crippen molar-refractivity contribution in [3.63, 3.8) is 0 Å². The molecule has 1 unspecified atom stereocenters. The van der Waals surface area contributed by atoms with Crippen LogP contribution in [0.2, 0.25) is 0 Å². The third kappa shape index (κ3) is 3.36. The zero-order valence-corrected chi connectivity index (χ0v) is 8.76. The number of rotatable bonds is 2. The van der Waals surface area contributed by atoms with Gasteiger partial charge in [0.1, 0.15) is 11.9 Å². The van der Waals surface area contributed by atoms with Crippen molar-refractivity contribution in [2.24, 2.45) is 0 Å². The highest BCUT2D eigenvalue weighted by Gasteiger charge is 2.13. The van der Waals surface area contributed by atoms with Crippen LogP contribution < -0.4 is 5.32 Å². The standard InChI is InChI=1S/C9H13NO.C2H6.H2/c1-4-8-9(5-2)11-7(3)6-10-8;1-2;/h4-5,7,10H,1-2,6H2,3H3;1-2H3;1H. The number of allylic oxidation sites excluding steroid dienone is 2. The van der Waals surface area contributed by atoms with E-state index in [0.29, 0.717) is 0 Å². The normalized spacial score (nSPS) is 20.4. The van der Waals surface area contributed by atoms with E-state index >= 15 is 0 Å². The predicted molar refractivity (Wildman–Crippen MR) is 59.4 cm³/mol. The first-order valence-electron chi connectivity index (χ1n) is 4.67. The molecule has 0 bridgehead atoms. The fraction of sp³-hybridized carbons (Fsp3) is 0.455. The maximum Gasteiger partial charge on any atom is 0.142 e. The summed E-state index contributed by atoms with van der Waals surface area (Å²) in [4.78, 5) is 0. The van der Waals surface area contributed by atoms with Gasteiger partial charge in [-0.1, -0.05) is 27.0 Å². The van der Waals surface area contributed by atoms with Crippen molar-refractivity contribution in [1.29, 1.82) is 0 Å². The average molecular weight is 183 g/mol. The number of hydrogen-bond donors (Lipinski definition) is 1. The van der Waals surface area contributed by atoms with Crippen molar-refractivity contribution in [3.05, 3.63) is 36.8 Å². The maximum absolute atomic E-state index is 5.47. The Morgan fingerprint density at radius 1 is 1.46 bits per heavy atom. The molecule has 0 aromatic heterocycles. The molecule has 2 heteroatoms. The number of hydrogen-bond acceptors (Lipinski definition) is 2. The molecule has 0 aliphatic carbocycles. The molecule has 0 saturated carbocycles. The molecule has 1 rings (SSSR count). The molecule has 13 heavy (non-hydrogen) atoms. The van der Waals surface area contributed by atoms with Gasteiger partial charge >= 0.3 is 0 Å². The first kappa shape index (κ1) is 11.8. The van der Waals surface area contributed by atoms with Crippen LogP contribution >= 0.6 is 0 Å². The Hall–Kier alpha value is -1.18. The van der Waals surface area contributed by atoms with Gasteiger partial charge in [-0.25, -0.2) is 0 Å². The highest BCUT2D eigenvalue weighted by atomic mass is 16.5. The lowest BCUT2D eigenvalue weighted by Crippen LogP contribution is -2.31. The summed E-state index contributed by atoms with van der Waals surface area (Å²) in [5.74, 6) is 0.791. The molecular formula is C11H21NO. The van der Waals surface area contributed by atoms with Crippen LogP contribution in [0.1, 0.15) is 22.2 Å². The van der Waals surface area contributed by atoms with Gasteiger partial charge in [0.15, 0.2) is 0 Å². The Morgan fingerprint density at radius 2 is 2.08 bits per heavy atom. The Kier molecular flexibility index (Phi) is 5.77. The van der Waals surface area contributed by atoms with Gasteiger partial charge in [-0.15, -0.1) is 0 Å². The van der Waals surface area contributed by atoms with Gasteiger partial charge in [0.2, 0.25) is 0 Å². The van der Waals surface area contributed by atoms with E-state index in [9.17, 15) is 0 Å². The van der Waals surface area contributed by atoms with Gasteiger partial charge in [-0.05, 0) is 19.1 Å². The summed E-state index contributed by atoms with van der Waals surface area (Å²) < 4.78 is 5.47. The molecule has 0 amide bonds. The van der Waals surface area contributed by atoms with Crippen LogP contribution in [-0.4, -0.2) is 12.6 Å². The van der Waals surface area contributed by atoms with E-state index in [-0.39, 0.29) is 7.53 Å². The fourth-order valence-electron chi connectivity index (χ4n) is 0.994. The van der Waals surface area contributed by atoms with E-state index < -0.39 is 0 Å². The average Bonchev–Trinajstić information content (AvgIpc) is 2.20. The molecule has 1 aliphatic heterocycles. The lowest BCUT2D eigenvalue weighted by Gasteiger charge is -2.24. The van der Waals surface area contributed by atoms with E-state index in [0.717, 1.165) is 18.0 Å². The maximum atomic E-state index is 5.47. The van der Waals surface area contributed by atoms with Gasteiger partial charge in [0, 0.05) is 1.43 Å². The van der Waals surface area contributed by atoms with E-state index in [2.05, 4.69) is 18.5 Å². The molecule has 0 saturated heterocycles. The molecule has 0 radical (unpaired) electrons. The van der Waals surface area contributed by atoms with Gasteiger partial charge in [0.25, 0.3) is 0 Å². The van der Waals surface area contributed by atoms with E-state index in [1.807, 2.05) is 20.8 Å². The summed E-state index contributed by atoms with van der Waals surface area (Å²) >= 11 is 0. The third-order valence-corrected chi connectivity index (χ3v) is 1.56. The van der Waals surface area contributed by atoms with E-state index in [4.69, 9.17) is 4.74 Å². The van der Waals surface area contributed by atoms with Crippen molar-refractivity contribution < 1.29 is 6.16 Å². The summed E-state index contributed by atoms with van der Waals surface area (Å²) in [5, 5.41) is 3.18. The Labute approximate surface area is 82.5 Å². The van der Waals surface area contributed by atoms with Gasteiger partial charge in [-0.2, -0.15) is 0 Å². The SMILES string of the molecule is C=CC1=C(C=C)OC(C)CN1.CC.[HH]. The fourth-order valence-corrected chi connectivity index (χ4v) is 0.994. The highest BCUT2D eigenvalue weighted by Crippen LogP contribution is 2.13. The van der Waals surface area contributed by atoms with Crippen LogP contribution in [-0.2, 0) is 4.74 Å². The molecule has 1 heterocycles. The summed E-state index contributed by atoms with van der Waals surface area (Å²) in [5.41, 5.74) is 0.929. The topological polar surface area (TPSA) is 21.3 Å². The minimum absolute atomic E-state index is 0. The third-order valence-electron chi connectivity index (χ3n) is 1.56. The molecule has 2 nitrogen and oxygen atoms in total. The molecule has 0 spiro atoms. The second-order valence-electron chi connectivity index (χ2n) is 2.50. The van der Waals surface area contributed by atoms with Crippen LogP contribution in [0.3, 0.4) is 0 Å². The van der Waals surface area contributed by atoms with E-state index in [1.54, 1.807) is 12.2 Å². The molecular weight excluding hydrogens is 162 g/mol. The molecule has 1 aliphatic rings. The molecule has 0 aromatic carbocycles. The van der Waals surface area contributed by atoms with Crippen LogP contribution in [0.5, 0.6) is 0 Å². The van der Waals surface area contributed by atoms with E-state index in [1.165, 1.54) is 0 Å². The van der Waals surface area contributed by atoms with Crippen molar-refractivity contribution in [2.45, 2.75) is 26.9 Å². The number of nitrogens with one attached hydrogen (secondary N) is 1. The second-order valence-corrected chi connectivity index (χ2v) is 2.50. The minimum atomic E-state index is 0. The summed E-state index contributed by atoms with van der Waals surface area (Å²) in [7, 11) is 0. The van der Waals surface area contributed by atoms with Crippen LogP contribution in [0, 0.1) is 0 Å². The van der Waals surface area contributed by atoms with Crippen LogP contribution in [0.15, 0.2) is 36.8 Å². The molecule has 1 N–H and O–H groups in total. The van der Waals surface area contributed by atoms with Crippen LogP contribution in [0.4, 0.5) is 0 Å². The summed E-state index contributed by atoms with van der Waals surface area (Å²) in [6.45, 7) is 14.1. The van der Waals surface area contributed by atoms with Crippen molar-refractivity contribution >= 4 is 0 Å². The monoisotopic (exact) mass is 183 g/mol. The summed E-state index contributed by atoms with van der Waals surface area (Å²) in [6, 6.07) is 0. The Bertz CT molecular complexity index is 211. The molecule has 0 fully saturated rings. The molecule has 1 atom stereocenters. The van der Waals surface area contributed by atoms with Gasteiger partial charge in [0.05, 0.1) is 12.2 Å². The molecule has 76 valence electrons. The second kappa shape index (κ2) is 6.35. The number of ether oxygens (including phenoxy) is 1. The lowest BCUT2D eigenvalue weighted by atomic mass is 10.2. The lowest BCUT2D eigenvalue weighted by molar-refractivity contribution is 0.124. The van der Waals surface area contributed by atoms with Gasteiger partial charge < -0.3 is 10.1 Å². The van der Waals surface area contributed by atoms with Crippen molar-refractivity contribution in [1.82, 2.24) is 5.32 Å². The van der Waals surface area contributed by atoms with Crippen molar-refractivity contribution in [3.8, 4) is 0 Å². The Morgan fingerprint density at radius 3 is 2.54 bits per heavy atom. The Balaban J connectivity index is 0. The highest BCUT2D eigenvalue weighted by molar-refractivity contribution is 5.27. The van der Waals surface area contributed by atoms with Crippen LogP contribution in [0.25, 0.3) is 0 Å². The minimum Gasteiger partial charge on any atom is -0.487 e. The predicted octanol–water partition coefficient (Wildman–Crippen LogP) is 2.85. The first-order valence-corrected chi connectivity index (χ1v) is 4.67. The quantitative estimate of drug-likeness (QED) is 0.710. The van der Waals surface area contributed by atoms with Crippen molar-refractivity contribution in [2.75, 3.05) is 6.54 Å². The first-order chi connectivity index (χ1) is 6.27. The van der Waals surface area contributed by atoms with Gasteiger partial charge in [-0.3, -0.25) is 0 Å². The molecule has 0 aromatic rings. The zero-order valence-electron chi connectivity index (χ0n) is 8.76. The largest absolute Gasteiger partial charge is 0.487 e. The zero-order chi connectivity index (χ0) is 10.3.